The molecular weight excluding hydrogens is 331 g/mol. The molecule has 0 radical (unpaired) electrons. The monoisotopic (exact) mass is 354 g/mol. The van der Waals surface area contributed by atoms with Crippen LogP contribution in [0, 0.1) is 11.7 Å². The lowest BCUT2D eigenvalue weighted by molar-refractivity contribution is 0.621. The molecule has 2 aromatic heterocycles. The largest absolute Gasteiger partial charge is 0.382 e. The minimum absolute atomic E-state index is 0.192. The van der Waals surface area contributed by atoms with Crippen LogP contribution in [0.25, 0.3) is 5.65 Å². The summed E-state index contributed by atoms with van der Waals surface area (Å²) >= 11 is 0. The van der Waals surface area contributed by atoms with Crippen molar-refractivity contribution in [1.29, 1.82) is 0 Å². The van der Waals surface area contributed by atoms with Crippen molar-refractivity contribution >= 4 is 17.0 Å². The average Bonchev–Trinajstić information content (AvgIpc) is 3.29. The van der Waals surface area contributed by atoms with Gasteiger partial charge in [0.05, 0.1) is 11.4 Å². The predicted molar refractivity (Wildman–Crippen MR) is 100 cm³/mol. The summed E-state index contributed by atoms with van der Waals surface area (Å²) in [6.45, 7) is 7.07. The maximum Gasteiger partial charge on any atom is 0.200 e. The highest BCUT2D eigenvalue weighted by molar-refractivity contribution is 5.66. The zero-order chi connectivity index (χ0) is 18.1. The van der Waals surface area contributed by atoms with Crippen LogP contribution in [-0.4, -0.2) is 39.4 Å². The van der Waals surface area contributed by atoms with Crippen molar-refractivity contribution in [2.24, 2.45) is 5.92 Å². The Labute approximate surface area is 152 Å². The zero-order valence-electron chi connectivity index (χ0n) is 15.1. The molecule has 1 aliphatic heterocycles. The van der Waals surface area contributed by atoms with Gasteiger partial charge < -0.3 is 10.2 Å². The first-order chi connectivity index (χ1) is 12.6. The minimum Gasteiger partial charge on any atom is -0.382 e. The van der Waals surface area contributed by atoms with Crippen molar-refractivity contribution in [2.75, 3.05) is 29.9 Å². The summed E-state index contributed by atoms with van der Waals surface area (Å²) in [7, 11) is 0. The topological polar surface area (TPSA) is 58.3 Å². The number of benzene rings is 1. The van der Waals surface area contributed by atoms with E-state index in [1.54, 1.807) is 10.8 Å². The van der Waals surface area contributed by atoms with Crippen molar-refractivity contribution in [2.45, 2.75) is 26.2 Å². The van der Waals surface area contributed by atoms with E-state index in [0.717, 1.165) is 48.8 Å². The van der Waals surface area contributed by atoms with Crippen LogP contribution in [-0.2, 0) is 0 Å². The summed E-state index contributed by atoms with van der Waals surface area (Å²) in [4.78, 5) is 2.31. The molecule has 0 aliphatic carbocycles. The number of aromatic nitrogens is 4. The Kier molecular flexibility index (Phi) is 4.44. The fourth-order valence-corrected chi connectivity index (χ4v) is 3.40. The number of hydrogen-bond donors (Lipinski definition) is 1. The first kappa shape index (κ1) is 16.8. The van der Waals surface area contributed by atoms with Crippen LogP contribution >= 0.6 is 0 Å². The molecule has 136 valence electrons. The number of hydrogen-bond acceptors (Lipinski definition) is 5. The highest BCUT2D eigenvalue weighted by atomic mass is 19.1. The first-order valence-corrected chi connectivity index (χ1v) is 9.05. The quantitative estimate of drug-likeness (QED) is 0.762. The molecule has 0 amide bonds. The first-order valence-electron chi connectivity index (χ1n) is 9.05. The van der Waals surface area contributed by atoms with Crippen molar-refractivity contribution in [3.05, 3.63) is 48.2 Å². The fraction of sp³-hybridized carbons (Fsp3) is 0.421. The Balaban J connectivity index is 1.44. The molecule has 1 aromatic carbocycles. The van der Waals surface area contributed by atoms with E-state index in [-0.39, 0.29) is 5.82 Å². The maximum absolute atomic E-state index is 13.1. The molecule has 1 unspecified atom stereocenters. The van der Waals surface area contributed by atoms with E-state index >= 15 is 0 Å². The lowest BCUT2D eigenvalue weighted by Gasteiger charge is -2.19. The fourth-order valence-electron chi connectivity index (χ4n) is 3.40. The third-order valence-corrected chi connectivity index (χ3v) is 4.94. The van der Waals surface area contributed by atoms with Gasteiger partial charge in [0, 0.05) is 25.3 Å². The second kappa shape index (κ2) is 6.90. The van der Waals surface area contributed by atoms with Crippen LogP contribution in [0.4, 0.5) is 15.8 Å². The number of fused-ring (bicyclic) bond motifs is 1. The number of nitrogens with zero attached hydrogens (tertiary/aromatic N) is 5. The second-order valence-corrected chi connectivity index (χ2v) is 7.19. The standard InChI is InChI=1S/C19H23FN6/c1-13(2)17-9-18(19-23-22-12-26(19)24-17)21-10-14-7-8-25(11-14)16-5-3-15(20)4-6-16/h3-6,9,12-14,21H,7-8,10-11H2,1-2H3. The van der Waals surface area contributed by atoms with Gasteiger partial charge in [-0.05, 0) is 48.6 Å². The number of anilines is 2. The predicted octanol–water partition coefficient (Wildman–Crippen LogP) is 3.33. The van der Waals surface area contributed by atoms with Gasteiger partial charge in [0.2, 0.25) is 5.65 Å². The summed E-state index contributed by atoms with van der Waals surface area (Å²) in [5, 5.41) is 16.2. The Hall–Kier alpha value is -2.70. The molecule has 0 bridgehead atoms. The smallest absolute Gasteiger partial charge is 0.200 e. The summed E-state index contributed by atoms with van der Waals surface area (Å²) in [5.41, 5.74) is 3.82. The van der Waals surface area contributed by atoms with Gasteiger partial charge in [-0.15, -0.1) is 10.2 Å². The molecule has 3 heterocycles. The summed E-state index contributed by atoms with van der Waals surface area (Å²) in [6.07, 6.45) is 2.74. The molecule has 6 nitrogen and oxygen atoms in total. The Morgan fingerprint density at radius 1 is 1.27 bits per heavy atom. The number of nitrogens with one attached hydrogen (secondary N) is 1. The van der Waals surface area contributed by atoms with Crippen LogP contribution < -0.4 is 10.2 Å². The lowest BCUT2D eigenvalue weighted by atomic mass is 10.1. The van der Waals surface area contributed by atoms with Gasteiger partial charge >= 0.3 is 0 Å². The summed E-state index contributed by atoms with van der Waals surface area (Å²) in [5.74, 6) is 0.670. The molecule has 0 saturated carbocycles. The van der Waals surface area contributed by atoms with E-state index in [9.17, 15) is 4.39 Å². The van der Waals surface area contributed by atoms with Gasteiger partial charge in [-0.2, -0.15) is 9.61 Å². The minimum atomic E-state index is -0.192. The van der Waals surface area contributed by atoms with Gasteiger partial charge in [0.1, 0.15) is 12.1 Å². The van der Waals surface area contributed by atoms with Crippen LogP contribution in [0.15, 0.2) is 36.7 Å². The third-order valence-electron chi connectivity index (χ3n) is 4.94. The van der Waals surface area contributed by atoms with E-state index in [4.69, 9.17) is 0 Å². The number of halogens is 1. The summed E-state index contributed by atoms with van der Waals surface area (Å²) < 4.78 is 14.8. The zero-order valence-corrected chi connectivity index (χ0v) is 15.1. The van der Waals surface area contributed by atoms with E-state index in [0.29, 0.717) is 11.8 Å². The van der Waals surface area contributed by atoms with Gasteiger partial charge in [-0.1, -0.05) is 13.8 Å². The molecule has 1 aliphatic rings. The molecule has 1 saturated heterocycles. The summed E-state index contributed by atoms with van der Waals surface area (Å²) in [6, 6.07) is 8.81. The number of rotatable bonds is 5. The normalized spacial score (nSPS) is 17.4. The highest BCUT2D eigenvalue weighted by Crippen LogP contribution is 2.25. The lowest BCUT2D eigenvalue weighted by Crippen LogP contribution is -2.22. The van der Waals surface area contributed by atoms with Crippen LogP contribution in [0.2, 0.25) is 0 Å². The maximum atomic E-state index is 13.1. The van der Waals surface area contributed by atoms with Crippen molar-refractivity contribution in [3.63, 3.8) is 0 Å². The van der Waals surface area contributed by atoms with E-state index in [1.165, 1.54) is 12.1 Å². The molecule has 26 heavy (non-hydrogen) atoms. The third kappa shape index (κ3) is 3.34. The Morgan fingerprint density at radius 3 is 2.85 bits per heavy atom. The Morgan fingerprint density at radius 2 is 2.08 bits per heavy atom. The highest BCUT2D eigenvalue weighted by Gasteiger charge is 2.23. The van der Waals surface area contributed by atoms with Gasteiger partial charge in [0.15, 0.2) is 0 Å². The van der Waals surface area contributed by atoms with Gasteiger partial charge in [-0.25, -0.2) is 4.39 Å². The van der Waals surface area contributed by atoms with Crippen molar-refractivity contribution in [3.8, 4) is 0 Å². The van der Waals surface area contributed by atoms with Crippen LogP contribution in [0.5, 0.6) is 0 Å². The molecule has 4 rings (SSSR count). The van der Waals surface area contributed by atoms with Gasteiger partial charge in [-0.3, -0.25) is 0 Å². The molecule has 7 heteroatoms. The average molecular weight is 354 g/mol. The molecule has 0 spiro atoms. The molecule has 1 atom stereocenters. The van der Waals surface area contributed by atoms with Crippen molar-refractivity contribution in [1.82, 2.24) is 19.8 Å². The van der Waals surface area contributed by atoms with Crippen molar-refractivity contribution < 1.29 is 4.39 Å². The Bertz CT molecular complexity index is 889. The van der Waals surface area contributed by atoms with E-state index in [1.807, 2.05) is 12.1 Å². The van der Waals surface area contributed by atoms with Crippen LogP contribution in [0.3, 0.4) is 0 Å². The van der Waals surface area contributed by atoms with E-state index in [2.05, 4.69) is 45.4 Å². The van der Waals surface area contributed by atoms with Gasteiger partial charge in [0.25, 0.3) is 0 Å². The molecule has 3 aromatic rings. The SMILES string of the molecule is CC(C)c1cc(NCC2CCN(c3ccc(F)cc3)C2)c2nncn2n1. The molecule has 1 N–H and O–H groups in total. The molecule has 1 fully saturated rings. The molecular formula is C19H23FN6. The van der Waals surface area contributed by atoms with Crippen LogP contribution in [0.1, 0.15) is 31.9 Å². The van der Waals surface area contributed by atoms with E-state index < -0.39 is 0 Å². The second-order valence-electron chi connectivity index (χ2n) is 7.19.